The van der Waals surface area contributed by atoms with Gasteiger partial charge in [0.05, 0.1) is 28.3 Å². The molecule has 34 heavy (non-hydrogen) atoms. The molecule has 8 nitrogen and oxygen atoms in total. The van der Waals surface area contributed by atoms with E-state index in [1.54, 1.807) is 24.3 Å². The van der Waals surface area contributed by atoms with Gasteiger partial charge in [0.2, 0.25) is 11.8 Å². The second kappa shape index (κ2) is 9.67. The van der Waals surface area contributed by atoms with E-state index in [0.717, 1.165) is 16.9 Å². The van der Waals surface area contributed by atoms with E-state index < -0.39 is 6.04 Å². The Labute approximate surface area is 199 Å². The highest BCUT2D eigenvalue weighted by Gasteiger charge is 2.29. The SMILES string of the molecule is CC(C)[C@@H](NC(=O)CC[C@@H]1NC(=O)c2ccccc2NC1=O)c1nc2ccccc2n1C(C)C. The van der Waals surface area contributed by atoms with Crippen molar-refractivity contribution in [2.75, 3.05) is 5.32 Å². The molecule has 0 aliphatic carbocycles. The molecule has 8 heteroatoms. The van der Waals surface area contributed by atoms with Crippen molar-refractivity contribution >= 4 is 34.4 Å². The van der Waals surface area contributed by atoms with Gasteiger partial charge in [0, 0.05) is 12.5 Å². The lowest BCUT2D eigenvalue weighted by Crippen LogP contribution is -2.42. The second-order valence-corrected chi connectivity index (χ2v) is 9.31. The lowest BCUT2D eigenvalue weighted by Gasteiger charge is -2.25. The summed E-state index contributed by atoms with van der Waals surface area (Å²) in [5.74, 6) is 0.0761. The maximum absolute atomic E-state index is 13.0. The second-order valence-electron chi connectivity index (χ2n) is 9.31. The number of amides is 3. The molecule has 178 valence electrons. The molecule has 1 aromatic heterocycles. The maximum atomic E-state index is 13.0. The van der Waals surface area contributed by atoms with Gasteiger partial charge < -0.3 is 20.5 Å². The summed E-state index contributed by atoms with van der Waals surface area (Å²) in [6.45, 7) is 8.29. The van der Waals surface area contributed by atoms with Gasteiger partial charge in [0.1, 0.15) is 11.9 Å². The number of aromatic nitrogens is 2. The third kappa shape index (κ3) is 4.66. The zero-order valence-electron chi connectivity index (χ0n) is 20.0. The quantitative estimate of drug-likeness (QED) is 0.495. The average molecular weight is 462 g/mol. The number of hydrogen-bond donors (Lipinski definition) is 3. The summed E-state index contributed by atoms with van der Waals surface area (Å²) in [5, 5.41) is 8.64. The minimum absolute atomic E-state index is 0.0971. The molecular formula is C26H31N5O3. The van der Waals surface area contributed by atoms with Crippen molar-refractivity contribution in [2.45, 2.75) is 58.7 Å². The Balaban J connectivity index is 1.48. The molecule has 1 aliphatic rings. The van der Waals surface area contributed by atoms with Gasteiger partial charge >= 0.3 is 0 Å². The van der Waals surface area contributed by atoms with E-state index in [4.69, 9.17) is 4.98 Å². The van der Waals surface area contributed by atoms with Crippen LogP contribution in [0.5, 0.6) is 0 Å². The number of para-hydroxylation sites is 3. The summed E-state index contributed by atoms with van der Waals surface area (Å²) in [4.78, 5) is 43.0. The van der Waals surface area contributed by atoms with Crippen LogP contribution in [0, 0.1) is 5.92 Å². The Bertz CT molecular complexity index is 1230. The predicted octanol–water partition coefficient (Wildman–Crippen LogP) is 3.96. The molecule has 0 bridgehead atoms. The third-order valence-corrected chi connectivity index (χ3v) is 6.11. The van der Waals surface area contributed by atoms with Crippen LogP contribution >= 0.6 is 0 Å². The number of rotatable bonds is 7. The number of anilines is 1. The highest BCUT2D eigenvalue weighted by molar-refractivity contribution is 6.09. The Hall–Kier alpha value is -3.68. The first-order valence-electron chi connectivity index (χ1n) is 11.7. The largest absolute Gasteiger partial charge is 0.346 e. The number of nitrogens with zero attached hydrogens (tertiary/aromatic N) is 2. The van der Waals surface area contributed by atoms with Gasteiger partial charge in [0.15, 0.2) is 0 Å². The topological polar surface area (TPSA) is 105 Å². The van der Waals surface area contributed by atoms with Crippen LogP contribution in [0.2, 0.25) is 0 Å². The Morgan fingerprint density at radius 3 is 2.50 bits per heavy atom. The lowest BCUT2D eigenvalue weighted by molar-refractivity contribution is -0.122. The Kier molecular flexibility index (Phi) is 6.68. The summed E-state index contributed by atoms with van der Waals surface area (Å²) in [6, 6.07) is 13.9. The predicted molar refractivity (Wildman–Crippen MR) is 131 cm³/mol. The van der Waals surface area contributed by atoms with Gasteiger partial charge in [-0.25, -0.2) is 4.98 Å². The van der Waals surface area contributed by atoms with Crippen LogP contribution in [0.15, 0.2) is 48.5 Å². The fraction of sp³-hybridized carbons (Fsp3) is 0.385. The third-order valence-electron chi connectivity index (χ3n) is 6.11. The number of fused-ring (bicyclic) bond motifs is 2. The molecule has 0 fully saturated rings. The summed E-state index contributed by atoms with van der Waals surface area (Å²) >= 11 is 0. The summed E-state index contributed by atoms with van der Waals surface area (Å²) < 4.78 is 2.16. The Morgan fingerprint density at radius 2 is 1.76 bits per heavy atom. The molecule has 2 atom stereocenters. The van der Waals surface area contributed by atoms with Crippen LogP contribution in [-0.4, -0.2) is 33.3 Å². The van der Waals surface area contributed by atoms with E-state index >= 15 is 0 Å². The van der Waals surface area contributed by atoms with Crippen LogP contribution in [0.25, 0.3) is 11.0 Å². The van der Waals surface area contributed by atoms with Gasteiger partial charge in [-0.2, -0.15) is 0 Å². The maximum Gasteiger partial charge on any atom is 0.254 e. The van der Waals surface area contributed by atoms with Crippen molar-refractivity contribution < 1.29 is 14.4 Å². The molecule has 3 aromatic rings. The van der Waals surface area contributed by atoms with Gasteiger partial charge in [-0.3, -0.25) is 14.4 Å². The Morgan fingerprint density at radius 1 is 1.06 bits per heavy atom. The number of imidazole rings is 1. The molecule has 0 saturated heterocycles. The lowest BCUT2D eigenvalue weighted by atomic mass is 10.0. The molecule has 0 radical (unpaired) electrons. The summed E-state index contributed by atoms with van der Waals surface area (Å²) in [7, 11) is 0. The van der Waals surface area contributed by atoms with E-state index in [1.165, 1.54) is 0 Å². The molecule has 0 saturated carbocycles. The highest BCUT2D eigenvalue weighted by atomic mass is 16.2. The molecular weight excluding hydrogens is 430 g/mol. The first kappa shape index (κ1) is 23.5. The van der Waals surface area contributed by atoms with Crippen LogP contribution in [0.3, 0.4) is 0 Å². The number of carbonyl (C=O) groups is 3. The van der Waals surface area contributed by atoms with E-state index in [9.17, 15) is 14.4 Å². The zero-order valence-corrected chi connectivity index (χ0v) is 20.0. The smallest absolute Gasteiger partial charge is 0.254 e. The van der Waals surface area contributed by atoms with Crippen molar-refractivity contribution in [3.05, 3.63) is 59.9 Å². The van der Waals surface area contributed by atoms with E-state index in [2.05, 4.69) is 34.4 Å². The van der Waals surface area contributed by atoms with Crippen molar-refractivity contribution in [1.29, 1.82) is 0 Å². The molecule has 2 aromatic carbocycles. The van der Waals surface area contributed by atoms with E-state index in [1.807, 2.05) is 38.1 Å². The zero-order chi connectivity index (χ0) is 24.4. The first-order chi connectivity index (χ1) is 16.3. The van der Waals surface area contributed by atoms with Crippen molar-refractivity contribution in [1.82, 2.24) is 20.2 Å². The average Bonchev–Trinajstić information content (AvgIpc) is 3.13. The standard InChI is InChI=1S/C26H31N5O3/c1-15(2)23(24-27-19-11-7-8-12-21(19)31(24)16(3)4)30-22(32)14-13-20-26(34)28-18-10-6-5-9-17(18)25(33)29-20/h5-12,15-16,20,23H,13-14H2,1-4H3,(H,28,34)(H,29,33)(H,30,32)/t20-,23+/m0/s1. The molecule has 2 heterocycles. The summed E-state index contributed by atoms with van der Waals surface area (Å²) in [5.41, 5.74) is 2.81. The molecule has 0 unspecified atom stereocenters. The minimum Gasteiger partial charge on any atom is -0.346 e. The number of nitrogens with one attached hydrogen (secondary N) is 3. The van der Waals surface area contributed by atoms with Gasteiger partial charge in [-0.1, -0.05) is 38.1 Å². The van der Waals surface area contributed by atoms with Crippen molar-refractivity contribution in [3.63, 3.8) is 0 Å². The first-order valence-corrected chi connectivity index (χ1v) is 11.7. The molecule has 3 amide bonds. The molecule has 3 N–H and O–H groups in total. The van der Waals surface area contributed by atoms with Crippen LogP contribution in [0.1, 0.15) is 68.8 Å². The number of benzene rings is 2. The molecule has 4 rings (SSSR count). The fourth-order valence-electron chi connectivity index (χ4n) is 4.39. The minimum atomic E-state index is -0.789. The van der Waals surface area contributed by atoms with E-state index in [-0.39, 0.29) is 48.6 Å². The summed E-state index contributed by atoms with van der Waals surface area (Å²) in [6.07, 6.45) is 0.294. The monoisotopic (exact) mass is 461 g/mol. The molecule has 1 aliphatic heterocycles. The van der Waals surface area contributed by atoms with Crippen molar-refractivity contribution in [2.24, 2.45) is 5.92 Å². The van der Waals surface area contributed by atoms with Gasteiger partial charge in [-0.05, 0) is 50.5 Å². The van der Waals surface area contributed by atoms with Crippen LogP contribution in [-0.2, 0) is 9.59 Å². The number of hydrogen-bond acceptors (Lipinski definition) is 4. The normalized spacial score (nSPS) is 16.7. The fourth-order valence-corrected chi connectivity index (χ4v) is 4.39. The van der Waals surface area contributed by atoms with E-state index in [0.29, 0.717) is 11.3 Å². The van der Waals surface area contributed by atoms with Crippen LogP contribution in [0.4, 0.5) is 5.69 Å². The van der Waals surface area contributed by atoms with Crippen molar-refractivity contribution in [3.8, 4) is 0 Å². The number of carbonyl (C=O) groups excluding carboxylic acids is 3. The van der Waals surface area contributed by atoms with Gasteiger partial charge in [0.25, 0.3) is 5.91 Å². The highest BCUT2D eigenvalue weighted by Crippen LogP contribution is 2.29. The van der Waals surface area contributed by atoms with Crippen LogP contribution < -0.4 is 16.0 Å². The molecule has 0 spiro atoms. The van der Waals surface area contributed by atoms with Gasteiger partial charge in [-0.15, -0.1) is 0 Å².